The number of anilines is 1. The Kier molecular flexibility index (Phi) is 6.72. The van der Waals surface area contributed by atoms with E-state index in [0.29, 0.717) is 30.2 Å². The molecule has 2 rings (SSSR count). The van der Waals surface area contributed by atoms with Crippen molar-refractivity contribution in [2.45, 2.75) is 13.3 Å². The van der Waals surface area contributed by atoms with Crippen LogP contribution in [0.2, 0.25) is 0 Å². The normalized spacial score (nSPS) is 10.2. The summed E-state index contributed by atoms with van der Waals surface area (Å²) in [5, 5.41) is 0. The molecule has 0 aromatic heterocycles. The van der Waals surface area contributed by atoms with Crippen LogP contribution in [0.15, 0.2) is 36.4 Å². The molecule has 0 atom stereocenters. The van der Waals surface area contributed by atoms with Crippen molar-refractivity contribution in [1.29, 1.82) is 0 Å². The summed E-state index contributed by atoms with van der Waals surface area (Å²) in [7, 11) is 6.41. The van der Waals surface area contributed by atoms with E-state index in [4.69, 9.17) is 18.9 Å². The van der Waals surface area contributed by atoms with Gasteiger partial charge in [0, 0.05) is 19.5 Å². The van der Waals surface area contributed by atoms with Gasteiger partial charge < -0.3 is 23.8 Å². The zero-order valence-electron chi connectivity index (χ0n) is 15.9. The van der Waals surface area contributed by atoms with E-state index in [-0.39, 0.29) is 5.91 Å². The lowest BCUT2D eigenvalue weighted by atomic mass is 10.1. The Hall–Kier alpha value is -2.89. The summed E-state index contributed by atoms with van der Waals surface area (Å²) < 4.78 is 21.4. The van der Waals surface area contributed by atoms with Gasteiger partial charge in [0.1, 0.15) is 23.0 Å². The third-order valence-corrected chi connectivity index (χ3v) is 4.15. The zero-order valence-corrected chi connectivity index (χ0v) is 15.9. The van der Waals surface area contributed by atoms with Gasteiger partial charge in [-0.1, -0.05) is 0 Å². The monoisotopic (exact) mass is 359 g/mol. The fourth-order valence-corrected chi connectivity index (χ4v) is 2.76. The predicted octanol–water partition coefficient (Wildman–Crippen LogP) is 3.32. The minimum absolute atomic E-state index is 0.0848. The predicted molar refractivity (Wildman–Crippen MR) is 101 cm³/mol. The van der Waals surface area contributed by atoms with Crippen LogP contribution in [0.25, 0.3) is 0 Å². The minimum Gasteiger partial charge on any atom is -0.497 e. The molecule has 2 aromatic carbocycles. The SMILES string of the molecule is COc1ccc(OC)c(CCN(C(C)=O)c2cc(OC)ccc2OC)c1. The Bertz CT molecular complexity index is 760. The molecule has 140 valence electrons. The fraction of sp³-hybridized carbons (Fsp3) is 0.350. The summed E-state index contributed by atoms with van der Waals surface area (Å²) in [5.74, 6) is 2.68. The van der Waals surface area contributed by atoms with Gasteiger partial charge in [-0.2, -0.15) is 0 Å². The summed E-state index contributed by atoms with van der Waals surface area (Å²) in [6, 6.07) is 11.0. The molecule has 0 radical (unpaired) electrons. The first kappa shape index (κ1) is 19.4. The molecule has 26 heavy (non-hydrogen) atoms. The molecule has 6 heteroatoms. The highest BCUT2D eigenvalue weighted by Crippen LogP contribution is 2.33. The van der Waals surface area contributed by atoms with Gasteiger partial charge >= 0.3 is 0 Å². The van der Waals surface area contributed by atoms with E-state index in [1.54, 1.807) is 51.5 Å². The Labute approximate surface area is 154 Å². The van der Waals surface area contributed by atoms with Crippen molar-refractivity contribution >= 4 is 11.6 Å². The smallest absolute Gasteiger partial charge is 0.223 e. The molecule has 0 N–H and O–H groups in total. The van der Waals surface area contributed by atoms with Crippen LogP contribution in [0.4, 0.5) is 5.69 Å². The molecule has 0 heterocycles. The number of methoxy groups -OCH3 is 4. The van der Waals surface area contributed by atoms with Crippen molar-refractivity contribution in [3.05, 3.63) is 42.0 Å². The van der Waals surface area contributed by atoms with Crippen LogP contribution in [-0.2, 0) is 11.2 Å². The highest BCUT2D eigenvalue weighted by molar-refractivity contribution is 5.93. The summed E-state index contributed by atoms with van der Waals surface area (Å²) in [5.41, 5.74) is 1.63. The number of ether oxygens (including phenoxy) is 4. The molecule has 0 unspecified atom stereocenters. The molecular formula is C20H25NO5. The molecule has 0 bridgehead atoms. The first-order valence-electron chi connectivity index (χ1n) is 8.25. The van der Waals surface area contributed by atoms with E-state index in [2.05, 4.69) is 0 Å². The molecule has 0 saturated heterocycles. The molecule has 6 nitrogen and oxygen atoms in total. The standard InChI is InChI=1S/C20H25NO5/c1-14(22)21(18-13-17(24-3)7-9-20(18)26-5)11-10-15-12-16(23-2)6-8-19(15)25-4/h6-9,12-13H,10-11H2,1-5H3. The molecule has 0 aliphatic heterocycles. The first-order valence-corrected chi connectivity index (χ1v) is 8.25. The zero-order chi connectivity index (χ0) is 19.1. The number of carbonyl (C=O) groups excluding carboxylic acids is 1. The van der Waals surface area contributed by atoms with E-state index >= 15 is 0 Å². The van der Waals surface area contributed by atoms with Gasteiger partial charge in [-0.05, 0) is 42.3 Å². The summed E-state index contributed by atoms with van der Waals surface area (Å²) >= 11 is 0. The maximum Gasteiger partial charge on any atom is 0.223 e. The molecule has 0 spiro atoms. The topological polar surface area (TPSA) is 57.2 Å². The Morgan fingerprint density at radius 3 is 1.96 bits per heavy atom. The fourth-order valence-electron chi connectivity index (χ4n) is 2.76. The number of nitrogens with zero attached hydrogens (tertiary/aromatic N) is 1. The van der Waals surface area contributed by atoms with Crippen LogP contribution in [0.3, 0.4) is 0 Å². The second-order valence-corrected chi connectivity index (χ2v) is 5.64. The van der Waals surface area contributed by atoms with E-state index in [0.717, 1.165) is 17.1 Å². The number of carbonyl (C=O) groups is 1. The second-order valence-electron chi connectivity index (χ2n) is 5.64. The van der Waals surface area contributed by atoms with Gasteiger partial charge in [0.15, 0.2) is 0 Å². The largest absolute Gasteiger partial charge is 0.497 e. The van der Waals surface area contributed by atoms with Gasteiger partial charge in [0.2, 0.25) is 5.91 Å². The van der Waals surface area contributed by atoms with Crippen molar-refractivity contribution < 1.29 is 23.7 Å². The molecule has 2 aromatic rings. The lowest BCUT2D eigenvalue weighted by Gasteiger charge is -2.24. The van der Waals surface area contributed by atoms with E-state index in [1.807, 2.05) is 18.2 Å². The van der Waals surface area contributed by atoms with Gasteiger partial charge in [0.25, 0.3) is 0 Å². The van der Waals surface area contributed by atoms with Gasteiger partial charge in [-0.15, -0.1) is 0 Å². The van der Waals surface area contributed by atoms with Crippen LogP contribution in [-0.4, -0.2) is 40.9 Å². The number of hydrogen-bond donors (Lipinski definition) is 0. The minimum atomic E-state index is -0.0848. The summed E-state index contributed by atoms with van der Waals surface area (Å²) in [6.45, 7) is 1.99. The van der Waals surface area contributed by atoms with Crippen LogP contribution in [0.5, 0.6) is 23.0 Å². The average Bonchev–Trinajstić information content (AvgIpc) is 2.67. The quantitative estimate of drug-likeness (QED) is 0.724. The third-order valence-electron chi connectivity index (χ3n) is 4.15. The number of hydrogen-bond acceptors (Lipinski definition) is 5. The van der Waals surface area contributed by atoms with Crippen molar-refractivity contribution in [1.82, 2.24) is 0 Å². The average molecular weight is 359 g/mol. The van der Waals surface area contributed by atoms with E-state index < -0.39 is 0 Å². The first-order chi connectivity index (χ1) is 12.5. The summed E-state index contributed by atoms with van der Waals surface area (Å²) in [4.78, 5) is 14.0. The Morgan fingerprint density at radius 2 is 1.42 bits per heavy atom. The Morgan fingerprint density at radius 1 is 0.846 bits per heavy atom. The summed E-state index contributed by atoms with van der Waals surface area (Å²) in [6.07, 6.45) is 0.598. The van der Waals surface area contributed by atoms with Gasteiger partial charge in [0.05, 0.1) is 34.1 Å². The van der Waals surface area contributed by atoms with E-state index in [9.17, 15) is 4.79 Å². The van der Waals surface area contributed by atoms with Crippen LogP contribution >= 0.6 is 0 Å². The van der Waals surface area contributed by atoms with Crippen LogP contribution in [0.1, 0.15) is 12.5 Å². The highest BCUT2D eigenvalue weighted by Gasteiger charge is 2.18. The maximum atomic E-state index is 12.3. The van der Waals surface area contributed by atoms with E-state index in [1.165, 1.54) is 6.92 Å². The Balaban J connectivity index is 2.32. The van der Waals surface area contributed by atoms with Gasteiger partial charge in [-0.3, -0.25) is 4.79 Å². The molecule has 0 aliphatic rings. The third kappa shape index (κ3) is 4.39. The molecule has 0 fully saturated rings. The maximum absolute atomic E-state index is 12.3. The van der Waals surface area contributed by atoms with Crippen molar-refractivity contribution in [2.24, 2.45) is 0 Å². The molecule has 0 aliphatic carbocycles. The lowest BCUT2D eigenvalue weighted by molar-refractivity contribution is -0.116. The van der Waals surface area contributed by atoms with Crippen LogP contribution in [0, 0.1) is 0 Å². The number of benzene rings is 2. The van der Waals surface area contributed by atoms with Gasteiger partial charge in [-0.25, -0.2) is 0 Å². The highest BCUT2D eigenvalue weighted by atomic mass is 16.5. The number of amides is 1. The van der Waals surface area contributed by atoms with Crippen molar-refractivity contribution in [3.8, 4) is 23.0 Å². The van der Waals surface area contributed by atoms with Crippen LogP contribution < -0.4 is 23.8 Å². The lowest BCUT2D eigenvalue weighted by Crippen LogP contribution is -2.31. The molecule has 0 saturated carbocycles. The van der Waals surface area contributed by atoms with Crippen molar-refractivity contribution in [3.63, 3.8) is 0 Å². The number of rotatable bonds is 8. The second kappa shape index (κ2) is 8.99. The molecule has 1 amide bonds. The van der Waals surface area contributed by atoms with Crippen molar-refractivity contribution in [2.75, 3.05) is 39.9 Å². The molecular weight excluding hydrogens is 334 g/mol.